The first-order valence-electron chi connectivity index (χ1n) is 5.43. The normalized spacial score (nSPS) is 25.7. The first-order chi connectivity index (χ1) is 7.28. The van der Waals surface area contributed by atoms with E-state index in [0.29, 0.717) is 30.2 Å². The summed E-state index contributed by atoms with van der Waals surface area (Å²) in [4.78, 5) is 0. The quantitative estimate of drug-likeness (QED) is 0.806. The molecule has 4 nitrogen and oxygen atoms in total. The highest BCUT2D eigenvalue weighted by atomic mass is 35.5. The monoisotopic (exact) mass is 229 g/mol. The number of hydrogen-bond donors (Lipinski definition) is 1. The van der Waals surface area contributed by atoms with Crippen molar-refractivity contribution in [2.24, 2.45) is 5.92 Å². The van der Waals surface area contributed by atoms with Crippen LogP contribution in [0.15, 0.2) is 4.42 Å². The maximum absolute atomic E-state index is 5.59. The van der Waals surface area contributed by atoms with Gasteiger partial charge in [-0.25, -0.2) is 0 Å². The molecule has 0 amide bonds. The van der Waals surface area contributed by atoms with Crippen LogP contribution in [0.5, 0.6) is 0 Å². The molecule has 1 fully saturated rings. The Morgan fingerprint density at radius 3 is 3.00 bits per heavy atom. The smallest absolute Gasteiger partial charge is 0.315 e. The average Bonchev–Trinajstić information content (AvgIpc) is 2.78. The molecule has 1 aliphatic rings. The fraction of sp³-hybridized carbons (Fsp3) is 0.800. The Labute approximate surface area is 94.4 Å². The number of anilines is 1. The van der Waals surface area contributed by atoms with Gasteiger partial charge in [-0.1, -0.05) is 12.0 Å². The summed E-state index contributed by atoms with van der Waals surface area (Å²) in [6.45, 7) is 2.27. The van der Waals surface area contributed by atoms with Gasteiger partial charge >= 0.3 is 6.01 Å². The molecule has 2 rings (SSSR count). The summed E-state index contributed by atoms with van der Waals surface area (Å²) in [7, 11) is 0. The third-order valence-corrected chi connectivity index (χ3v) is 2.99. The van der Waals surface area contributed by atoms with E-state index >= 15 is 0 Å². The van der Waals surface area contributed by atoms with E-state index in [1.807, 2.05) is 0 Å². The maximum Gasteiger partial charge on any atom is 0.315 e. The van der Waals surface area contributed by atoms with E-state index < -0.39 is 0 Å². The molecule has 0 bridgehead atoms. The van der Waals surface area contributed by atoms with Crippen LogP contribution in [0, 0.1) is 5.92 Å². The molecule has 1 heterocycles. The lowest BCUT2D eigenvalue weighted by molar-refractivity contribution is 0.503. The highest BCUT2D eigenvalue weighted by Gasteiger charge is 2.22. The fourth-order valence-corrected chi connectivity index (χ4v) is 2.17. The molecule has 0 aliphatic heterocycles. The van der Waals surface area contributed by atoms with Gasteiger partial charge in [0.15, 0.2) is 0 Å². The third kappa shape index (κ3) is 2.84. The highest BCUT2D eigenvalue weighted by Crippen LogP contribution is 2.27. The predicted octanol–water partition coefficient (Wildman–Crippen LogP) is 2.45. The van der Waals surface area contributed by atoms with Crippen LogP contribution in [0.2, 0.25) is 0 Å². The van der Waals surface area contributed by atoms with E-state index in [0.717, 1.165) is 5.92 Å². The number of hydrogen-bond acceptors (Lipinski definition) is 4. The molecule has 0 aromatic carbocycles. The summed E-state index contributed by atoms with van der Waals surface area (Å²) in [5.41, 5.74) is 0. The number of nitrogens with zero attached hydrogens (tertiary/aromatic N) is 2. The van der Waals surface area contributed by atoms with Crippen LogP contribution >= 0.6 is 11.6 Å². The summed E-state index contributed by atoms with van der Waals surface area (Å²) in [5.74, 6) is 1.92. The Hall–Kier alpha value is -0.770. The number of rotatable bonds is 4. The zero-order valence-electron chi connectivity index (χ0n) is 8.87. The van der Waals surface area contributed by atoms with Gasteiger partial charge in [-0.2, -0.15) is 0 Å². The topological polar surface area (TPSA) is 51.0 Å². The zero-order valence-corrected chi connectivity index (χ0v) is 9.63. The Morgan fingerprint density at radius 2 is 2.33 bits per heavy atom. The van der Waals surface area contributed by atoms with Crippen LogP contribution in [0.1, 0.15) is 32.1 Å². The van der Waals surface area contributed by atoms with Crippen LogP contribution < -0.4 is 5.32 Å². The molecule has 5 heteroatoms. The van der Waals surface area contributed by atoms with Crippen molar-refractivity contribution in [1.29, 1.82) is 0 Å². The second-order valence-electron chi connectivity index (χ2n) is 4.20. The lowest BCUT2D eigenvalue weighted by atomic mass is 10.1. The molecular formula is C10H16ClN3O. The number of aromatic nitrogens is 2. The van der Waals surface area contributed by atoms with Crippen molar-refractivity contribution in [3.8, 4) is 0 Å². The molecule has 0 radical (unpaired) electrons. The highest BCUT2D eigenvalue weighted by molar-refractivity contribution is 6.17. The van der Waals surface area contributed by atoms with Gasteiger partial charge in [0, 0.05) is 18.3 Å². The molecule has 0 spiro atoms. The molecule has 0 saturated heterocycles. The van der Waals surface area contributed by atoms with Gasteiger partial charge in [0.25, 0.3) is 0 Å². The van der Waals surface area contributed by atoms with Crippen molar-refractivity contribution >= 4 is 17.6 Å². The predicted molar refractivity (Wildman–Crippen MR) is 59.1 cm³/mol. The van der Waals surface area contributed by atoms with Crippen LogP contribution in [0.4, 0.5) is 6.01 Å². The van der Waals surface area contributed by atoms with Gasteiger partial charge in [0.05, 0.1) is 0 Å². The summed E-state index contributed by atoms with van der Waals surface area (Å²) in [6.07, 6.45) is 4.29. The molecule has 1 aromatic rings. The van der Waals surface area contributed by atoms with Gasteiger partial charge in [0.1, 0.15) is 0 Å². The molecule has 1 aliphatic carbocycles. The molecule has 84 valence electrons. The zero-order chi connectivity index (χ0) is 10.7. The first-order valence-corrected chi connectivity index (χ1v) is 5.96. The Balaban J connectivity index is 1.87. The molecule has 2 atom stereocenters. The van der Waals surface area contributed by atoms with Crippen molar-refractivity contribution < 1.29 is 4.42 Å². The van der Waals surface area contributed by atoms with Gasteiger partial charge in [-0.3, -0.25) is 0 Å². The average molecular weight is 230 g/mol. The molecule has 1 N–H and O–H groups in total. The van der Waals surface area contributed by atoms with E-state index in [2.05, 4.69) is 22.4 Å². The fourth-order valence-electron chi connectivity index (χ4n) is 2.01. The van der Waals surface area contributed by atoms with E-state index in [9.17, 15) is 0 Å². The molecule has 2 unspecified atom stereocenters. The van der Waals surface area contributed by atoms with Gasteiger partial charge in [-0.15, -0.1) is 16.7 Å². The number of nitrogens with one attached hydrogen (secondary N) is 1. The minimum atomic E-state index is 0.490. The molecule has 1 saturated carbocycles. The van der Waals surface area contributed by atoms with E-state index in [-0.39, 0.29) is 0 Å². The lowest BCUT2D eigenvalue weighted by Crippen LogP contribution is -2.15. The standard InChI is InChI=1S/C10H16ClN3O/c1-7-2-3-8(6-7)12-10-14-13-9(15-10)4-5-11/h7-8H,2-6H2,1H3,(H,12,14). The van der Waals surface area contributed by atoms with Crippen LogP contribution in [0.3, 0.4) is 0 Å². The largest absolute Gasteiger partial charge is 0.408 e. The second kappa shape index (κ2) is 4.84. The maximum atomic E-state index is 5.59. The van der Waals surface area contributed by atoms with Crippen LogP contribution in [0.25, 0.3) is 0 Å². The first kappa shape index (κ1) is 10.7. The minimum absolute atomic E-state index is 0.490. The van der Waals surface area contributed by atoms with Crippen molar-refractivity contribution in [3.05, 3.63) is 5.89 Å². The van der Waals surface area contributed by atoms with Crippen LogP contribution in [-0.4, -0.2) is 22.1 Å². The van der Waals surface area contributed by atoms with Gasteiger partial charge < -0.3 is 9.73 Å². The number of alkyl halides is 1. The van der Waals surface area contributed by atoms with Gasteiger partial charge in [0.2, 0.25) is 5.89 Å². The van der Waals surface area contributed by atoms with Crippen LogP contribution in [-0.2, 0) is 6.42 Å². The third-order valence-electron chi connectivity index (χ3n) is 2.80. The molecule has 15 heavy (non-hydrogen) atoms. The van der Waals surface area contributed by atoms with E-state index in [1.165, 1.54) is 19.3 Å². The minimum Gasteiger partial charge on any atom is -0.408 e. The van der Waals surface area contributed by atoms with Crippen molar-refractivity contribution in [2.45, 2.75) is 38.6 Å². The molecule has 1 aromatic heterocycles. The summed E-state index contributed by atoms with van der Waals surface area (Å²) in [6, 6.07) is 1.03. The number of halogens is 1. The van der Waals surface area contributed by atoms with E-state index in [4.69, 9.17) is 16.0 Å². The van der Waals surface area contributed by atoms with Crippen molar-refractivity contribution in [2.75, 3.05) is 11.2 Å². The van der Waals surface area contributed by atoms with Crippen molar-refractivity contribution in [1.82, 2.24) is 10.2 Å². The SMILES string of the molecule is CC1CCC(Nc2nnc(CCCl)o2)C1. The van der Waals surface area contributed by atoms with E-state index in [1.54, 1.807) is 0 Å². The lowest BCUT2D eigenvalue weighted by Gasteiger charge is -2.08. The number of aryl methyl sites for hydroxylation is 1. The Morgan fingerprint density at radius 1 is 1.47 bits per heavy atom. The Bertz CT molecular complexity index is 315. The molecular weight excluding hydrogens is 214 g/mol. The summed E-state index contributed by atoms with van der Waals surface area (Å²) >= 11 is 5.59. The summed E-state index contributed by atoms with van der Waals surface area (Å²) in [5, 5.41) is 11.1. The second-order valence-corrected chi connectivity index (χ2v) is 4.58. The Kier molecular flexibility index (Phi) is 3.46. The summed E-state index contributed by atoms with van der Waals surface area (Å²) < 4.78 is 5.40. The van der Waals surface area contributed by atoms with Crippen molar-refractivity contribution in [3.63, 3.8) is 0 Å². The van der Waals surface area contributed by atoms with Gasteiger partial charge in [-0.05, 0) is 25.2 Å².